The van der Waals surface area contributed by atoms with Crippen LogP contribution in [0, 0.1) is 0 Å². The number of benzene rings is 1. The Morgan fingerprint density at radius 3 is 2.62 bits per heavy atom. The van der Waals surface area contributed by atoms with Crippen LogP contribution in [0.25, 0.3) is 0 Å². The Bertz CT molecular complexity index is 584. The maximum atomic E-state index is 12.7. The van der Waals surface area contributed by atoms with Crippen molar-refractivity contribution in [3.8, 4) is 0 Å². The van der Waals surface area contributed by atoms with Crippen molar-refractivity contribution < 1.29 is 22.8 Å². The summed E-state index contributed by atoms with van der Waals surface area (Å²) in [7, 11) is 0. The van der Waals surface area contributed by atoms with E-state index in [1.807, 2.05) is 0 Å². The van der Waals surface area contributed by atoms with Crippen molar-refractivity contribution in [2.75, 3.05) is 11.4 Å². The van der Waals surface area contributed by atoms with Crippen LogP contribution < -0.4 is 10.2 Å². The van der Waals surface area contributed by atoms with Gasteiger partial charge in [-0.2, -0.15) is 13.2 Å². The van der Waals surface area contributed by atoms with Gasteiger partial charge in [0.05, 0.1) is 6.04 Å². The number of para-hydroxylation sites is 1. The van der Waals surface area contributed by atoms with Gasteiger partial charge < -0.3 is 10.2 Å². The zero-order chi connectivity index (χ0) is 15.6. The van der Waals surface area contributed by atoms with Gasteiger partial charge in [-0.05, 0) is 24.1 Å². The molecule has 1 aromatic carbocycles. The van der Waals surface area contributed by atoms with Crippen molar-refractivity contribution >= 4 is 17.5 Å². The molecular formula is C14H13F3N2O2. The Kier molecular flexibility index (Phi) is 4.02. The summed E-state index contributed by atoms with van der Waals surface area (Å²) in [5.74, 6) is -2.42. The second kappa shape index (κ2) is 5.59. The van der Waals surface area contributed by atoms with Crippen molar-refractivity contribution in [2.24, 2.45) is 0 Å². The largest absolute Gasteiger partial charge is 0.471 e. The second-order valence-electron chi connectivity index (χ2n) is 4.66. The number of anilines is 1. The van der Waals surface area contributed by atoms with Crippen LogP contribution in [0.15, 0.2) is 36.9 Å². The van der Waals surface area contributed by atoms with Gasteiger partial charge in [-0.1, -0.05) is 24.8 Å². The highest BCUT2D eigenvalue weighted by atomic mass is 19.4. The molecule has 2 amide bonds. The molecule has 0 aliphatic carbocycles. The number of carbonyl (C=O) groups excluding carboxylic acids is 2. The Morgan fingerprint density at radius 1 is 1.33 bits per heavy atom. The Morgan fingerprint density at radius 2 is 2.00 bits per heavy atom. The molecule has 0 aromatic heterocycles. The van der Waals surface area contributed by atoms with E-state index in [-0.39, 0.29) is 12.2 Å². The summed E-state index contributed by atoms with van der Waals surface area (Å²) in [5, 5.41) is 2.53. The zero-order valence-corrected chi connectivity index (χ0v) is 11.0. The number of halogens is 3. The molecule has 7 heteroatoms. The zero-order valence-electron chi connectivity index (χ0n) is 11.0. The van der Waals surface area contributed by atoms with Crippen LogP contribution in [0.2, 0.25) is 0 Å². The van der Waals surface area contributed by atoms with Crippen molar-refractivity contribution in [1.82, 2.24) is 5.32 Å². The van der Waals surface area contributed by atoms with E-state index in [1.165, 1.54) is 6.07 Å². The maximum absolute atomic E-state index is 12.7. The predicted octanol–water partition coefficient (Wildman–Crippen LogP) is 1.81. The fourth-order valence-electron chi connectivity index (χ4n) is 2.30. The number of nitrogens with zero attached hydrogens (tertiary/aromatic N) is 1. The summed E-state index contributed by atoms with van der Waals surface area (Å²) in [4.78, 5) is 23.5. The molecule has 1 atom stereocenters. The standard InChI is InChI=1S/C14H13F3N2O2/c1-2-12(20)18-10-7-9-5-3-4-6-11(9)19(8-10)13(21)14(15,16)17/h2-6,10H,1,7-8H2,(H,18,20). The van der Waals surface area contributed by atoms with E-state index in [0.717, 1.165) is 6.08 Å². The Balaban J connectivity index is 2.32. The van der Waals surface area contributed by atoms with Crippen LogP contribution in [0.1, 0.15) is 5.56 Å². The summed E-state index contributed by atoms with van der Waals surface area (Å²) < 4.78 is 38.1. The first kappa shape index (κ1) is 15.1. The first-order valence-corrected chi connectivity index (χ1v) is 6.22. The Labute approximate surface area is 119 Å². The molecule has 1 unspecified atom stereocenters. The fraction of sp³-hybridized carbons (Fsp3) is 0.286. The maximum Gasteiger partial charge on any atom is 0.471 e. The second-order valence-corrected chi connectivity index (χ2v) is 4.66. The molecule has 0 fully saturated rings. The van der Waals surface area contributed by atoms with Crippen molar-refractivity contribution in [3.05, 3.63) is 42.5 Å². The monoisotopic (exact) mass is 298 g/mol. The molecule has 0 saturated heterocycles. The minimum atomic E-state index is -4.96. The van der Waals surface area contributed by atoms with Gasteiger partial charge in [0.2, 0.25) is 5.91 Å². The minimum Gasteiger partial charge on any atom is -0.348 e. The number of carbonyl (C=O) groups is 2. The minimum absolute atomic E-state index is 0.226. The van der Waals surface area contributed by atoms with E-state index in [0.29, 0.717) is 16.9 Å². The van der Waals surface area contributed by atoms with E-state index >= 15 is 0 Å². The van der Waals surface area contributed by atoms with E-state index in [2.05, 4.69) is 11.9 Å². The average Bonchev–Trinajstić information content (AvgIpc) is 2.44. The highest BCUT2D eigenvalue weighted by Crippen LogP contribution is 2.30. The summed E-state index contributed by atoms with van der Waals surface area (Å²) in [6.07, 6.45) is -3.56. The SMILES string of the molecule is C=CC(=O)NC1Cc2ccccc2N(C(=O)C(F)(F)F)C1. The van der Waals surface area contributed by atoms with E-state index < -0.39 is 24.0 Å². The molecule has 0 bridgehead atoms. The molecule has 0 radical (unpaired) electrons. The van der Waals surface area contributed by atoms with E-state index in [4.69, 9.17) is 0 Å². The van der Waals surface area contributed by atoms with Crippen LogP contribution in [0.4, 0.5) is 18.9 Å². The summed E-state index contributed by atoms with van der Waals surface area (Å²) in [6, 6.07) is 5.75. The molecule has 112 valence electrons. The number of amides is 2. The number of alkyl halides is 3. The normalized spacial score (nSPS) is 17.9. The lowest BCUT2D eigenvalue weighted by molar-refractivity contribution is -0.170. The first-order valence-electron chi connectivity index (χ1n) is 6.22. The summed E-state index contributed by atoms with van der Waals surface area (Å²) in [5.41, 5.74) is 0.805. The molecule has 1 aromatic rings. The smallest absolute Gasteiger partial charge is 0.348 e. The molecule has 0 spiro atoms. The molecule has 1 aliphatic rings. The van der Waals surface area contributed by atoms with Crippen molar-refractivity contribution in [2.45, 2.75) is 18.6 Å². The van der Waals surface area contributed by atoms with Crippen molar-refractivity contribution in [1.29, 1.82) is 0 Å². The lowest BCUT2D eigenvalue weighted by Gasteiger charge is -2.35. The molecular weight excluding hydrogens is 285 g/mol. The molecule has 0 saturated carbocycles. The third-order valence-corrected chi connectivity index (χ3v) is 3.17. The molecule has 1 aliphatic heterocycles. The van der Waals surface area contributed by atoms with Crippen LogP contribution in [-0.2, 0) is 16.0 Å². The Hall–Kier alpha value is -2.31. The highest BCUT2D eigenvalue weighted by Gasteiger charge is 2.45. The molecule has 1 N–H and O–H groups in total. The molecule has 21 heavy (non-hydrogen) atoms. The van der Waals surface area contributed by atoms with Crippen LogP contribution >= 0.6 is 0 Å². The predicted molar refractivity (Wildman–Crippen MR) is 70.7 cm³/mol. The third kappa shape index (κ3) is 3.24. The third-order valence-electron chi connectivity index (χ3n) is 3.17. The van der Waals surface area contributed by atoms with Gasteiger partial charge in [-0.3, -0.25) is 9.59 Å². The number of hydrogen-bond acceptors (Lipinski definition) is 2. The molecule has 4 nitrogen and oxygen atoms in total. The van der Waals surface area contributed by atoms with Gasteiger partial charge in [-0.25, -0.2) is 0 Å². The number of nitrogens with one attached hydrogen (secondary N) is 1. The van der Waals surface area contributed by atoms with E-state index in [1.54, 1.807) is 18.2 Å². The van der Waals surface area contributed by atoms with Gasteiger partial charge >= 0.3 is 12.1 Å². The van der Waals surface area contributed by atoms with Gasteiger partial charge in [0.25, 0.3) is 0 Å². The highest BCUT2D eigenvalue weighted by molar-refractivity contribution is 5.98. The number of rotatable bonds is 2. The van der Waals surface area contributed by atoms with Gasteiger partial charge in [0.1, 0.15) is 0 Å². The van der Waals surface area contributed by atoms with E-state index in [9.17, 15) is 22.8 Å². The lowest BCUT2D eigenvalue weighted by atomic mass is 9.97. The quantitative estimate of drug-likeness (QED) is 0.847. The lowest BCUT2D eigenvalue weighted by Crippen LogP contribution is -2.53. The summed E-state index contributed by atoms with van der Waals surface area (Å²) >= 11 is 0. The topological polar surface area (TPSA) is 49.4 Å². The van der Waals surface area contributed by atoms with Crippen molar-refractivity contribution in [3.63, 3.8) is 0 Å². The number of fused-ring (bicyclic) bond motifs is 1. The molecule has 1 heterocycles. The van der Waals surface area contributed by atoms with Crippen LogP contribution in [0.5, 0.6) is 0 Å². The summed E-state index contributed by atoms with van der Waals surface area (Å²) in [6.45, 7) is 3.06. The average molecular weight is 298 g/mol. The van der Waals surface area contributed by atoms with Gasteiger partial charge in [-0.15, -0.1) is 0 Å². The molecule has 2 rings (SSSR count). The van der Waals surface area contributed by atoms with Crippen LogP contribution in [0.3, 0.4) is 0 Å². The van der Waals surface area contributed by atoms with Crippen LogP contribution in [-0.4, -0.2) is 30.6 Å². The van der Waals surface area contributed by atoms with Gasteiger partial charge in [0, 0.05) is 12.2 Å². The number of hydrogen-bond donors (Lipinski definition) is 1. The van der Waals surface area contributed by atoms with Gasteiger partial charge in [0.15, 0.2) is 0 Å². The fourth-order valence-corrected chi connectivity index (χ4v) is 2.30. The first-order chi connectivity index (χ1) is 9.82.